The second kappa shape index (κ2) is 8.66. The van der Waals surface area contributed by atoms with Crippen LogP contribution in [0.3, 0.4) is 0 Å². The first kappa shape index (κ1) is 17.9. The zero-order valence-corrected chi connectivity index (χ0v) is 8.47. The lowest BCUT2D eigenvalue weighted by atomic mass is 10.2. The van der Waals surface area contributed by atoms with Gasteiger partial charge in [-0.25, -0.2) is 0 Å². The summed E-state index contributed by atoms with van der Waals surface area (Å²) in [5.74, 6) is -7.21. The number of aliphatic hydroxyl groups excluding tert-OH is 2. The van der Waals surface area contributed by atoms with Gasteiger partial charge < -0.3 is 49.8 Å². The molecule has 0 heterocycles. The van der Waals surface area contributed by atoms with E-state index in [0.29, 0.717) is 12.2 Å². The van der Waals surface area contributed by atoms with Gasteiger partial charge in [-0.15, -0.1) is 0 Å². The molecule has 0 saturated heterocycles. The maximum Gasteiger partial charge on any atom is 0.124 e. The number of carboxylic acids is 4. The smallest absolute Gasteiger partial charge is 0.124 e. The maximum absolute atomic E-state index is 9.63. The molecule has 0 saturated carbocycles. The van der Waals surface area contributed by atoms with Gasteiger partial charge >= 0.3 is 0 Å². The van der Waals surface area contributed by atoms with Crippen molar-refractivity contribution in [3.63, 3.8) is 0 Å². The number of aliphatic hydroxyl groups is 2. The van der Waals surface area contributed by atoms with Crippen LogP contribution >= 0.6 is 0 Å². The van der Waals surface area contributed by atoms with Crippen LogP contribution in [-0.4, -0.2) is 46.3 Å². The molecule has 2 N–H and O–H groups in total. The largest absolute Gasteiger partial charge is 0.547 e. The Labute approximate surface area is 99.0 Å². The molecule has 2 unspecified atom stereocenters. The molecular formula is C8H6O10-4. The maximum atomic E-state index is 9.63. The molecule has 102 valence electrons. The summed E-state index contributed by atoms with van der Waals surface area (Å²) in [7, 11) is 0. The van der Waals surface area contributed by atoms with E-state index in [1.165, 1.54) is 0 Å². The minimum absolute atomic E-state index is 0.384. The number of aliphatic carboxylic acids is 4. The normalized spacial score (nSPS) is 13.0. The lowest BCUT2D eigenvalue weighted by molar-refractivity contribution is -0.333. The predicted octanol–water partition coefficient (Wildman–Crippen LogP) is -7.75. The van der Waals surface area contributed by atoms with Crippen molar-refractivity contribution in [3.05, 3.63) is 12.2 Å². The quantitative estimate of drug-likeness (QED) is 0.448. The van der Waals surface area contributed by atoms with Gasteiger partial charge in [-0.05, 0) is 12.2 Å². The van der Waals surface area contributed by atoms with Gasteiger partial charge in [-0.1, -0.05) is 0 Å². The number of rotatable bonds is 5. The van der Waals surface area contributed by atoms with E-state index >= 15 is 0 Å². The van der Waals surface area contributed by atoms with Gasteiger partial charge in [-0.2, -0.15) is 0 Å². The van der Waals surface area contributed by atoms with E-state index in [0.717, 1.165) is 0 Å². The van der Waals surface area contributed by atoms with Crippen molar-refractivity contribution in [3.8, 4) is 0 Å². The van der Waals surface area contributed by atoms with Crippen molar-refractivity contribution in [1.82, 2.24) is 0 Å². The Morgan fingerprint density at radius 3 is 1.06 bits per heavy atom. The second-order valence-electron chi connectivity index (χ2n) is 2.50. The van der Waals surface area contributed by atoms with Crippen LogP contribution in [0, 0.1) is 0 Å². The molecule has 10 nitrogen and oxygen atoms in total. The molecule has 0 bridgehead atoms. The van der Waals surface area contributed by atoms with Crippen molar-refractivity contribution in [2.45, 2.75) is 12.2 Å². The molecule has 0 radical (unpaired) electrons. The molecule has 0 rings (SSSR count). The van der Waals surface area contributed by atoms with Crippen LogP contribution in [0.1, 0.15) is 0 Å². The standard InChI is InChI=1S/C4H6O6.C4H4O4/c5-1(3(7)8)2(6)4(9)10;5-3(6)1-2-4(7)8/h1-2,5-6H,(H,7,8)(H,9,10);1-2H,(H,5,6)(H,7,8)/p-4/b;2-1-. The fraction of sp³-hybridized carbons (Fsp3) is 0.250. The molecule has 0 amide bonds. The number of carbonyl (C=O) groups is 4. The monoisotopic (exact) mass is 262 g/mol. The lowest BCUT2D eigenvalue weighted by Gasteiger charge is -2.18. The molecular weight excluding hydrogens is 256 g/mol. The van der Waals surface area contributed by atoms with Gasteiger partial charge in [0.05, 0.1) is 23.9 Å². The summed E-state index contributed by atoms with van der Waals surface area (Å²) in [5.41, 5.74) is 0. The lowest BCUT2D eigenvalue weighted by Crippen LogP contribution is -2.51. The molecule has 0 fully saturated rings. The van der Waals surface area contributed by atoms with Gasteiger partial charge in [0.25, 0.3) is 0 Å². The first-order valence-electron chi connectivity index (χ1n) is 3.97. The van der Waals surface area contributed by atoms with Crippen LogP contribution in [0.2, 0.25) is 0 Å². The number of hydrogen-bond acceptors (Lipinski definition) is 10. The molecule has 0 aromatic heterocycles. The zero-order valence-electron chi connectivity index (χ0n) is 8.47. The highest BCUT2D eigenvalue weighted by Gasteiger charge is 2.17. The Balaban J connectivity index is 0. The molecule has 0 spiro atoms. The molecule has 0 aromatic carbocycles. The van der Waals surface area contributed by atoms with E-state index in [-0.39, 0.29) is 0 Å². The SMILES string of the molecule is O=C([O-])/C=C\C(=O)[O-].O=C([O-])C(O)C(O)C(=O)[O-]. The van der Waals surface area contributed by atoms with Crippen molar-refractivity contribution >= 4 is 23.9 Å². The molecule has 10 heteroatoms. The first-order valence-corrected chi connectivity index (χ1v) is 3.97. The minimum Gasteiger partial charge on any atom is -0.547 e. The summed E-state index contributed by atoms with van der Waals surface area (Å²) >= 11 is 0. The third-order valence-electron chi connectivity index (χ3n) is 1.14. The highest BCUT2D eigenvalue weighted by molar-refractivity contribution is 5.87. The molecule has 0 aliphatic carbocycles. The summed E-state index contributed by atoms with van der Waals surface area (Å²) in [5, 5.41) is 54.6. The van der Waals surface area contributed by atoms with Gasteiger partial charge in [0.15, 0.2) is 0 Å². The number of carboxylic acid groups (broad SMARTS) is 4. The van der Waals surface area contributed by atoms with E-state index in [1.807, 2.05) is 0 Å². The average molecular weight is 262 g/mol. The summed E-state index contributed by atoms with van der Waals surface area (Å²) < 4.78 is 0. The van der Waals surface area contributed by atoms with Crippen molar-refractivity contribution in [1.29, 1.82) is 0 Å². The molecule has 2 atom stereocenters. The van der Waals surface area contributed by atoms with E-state index in [9.17, 15) is 39.6 Å². The highest BCUT2D eigenvalue weighted by Crippen LogP contribution is 1.88. The summed E-state index contributed by atoms with van der Waals surface area (Å²) in [4.78, 5) is 38.1. The Morgan fingerprint density at radius 1 is 0.722 bits per heavy atom. The topological polar surface area (TPSA) is 201 Å². The molecule has 18 heavy (non-hydrogen) atoms. The third kappa shape index (κ3) is 10.1. The molecule has 0 aliphatic heterocycles. The van der Waals surface area contributed by atoms with Crippen LogP contribution in [0.5, 0.6) is 0 Å². The number of carbonyl (C=O) groups excluding carboxylic acids is 4. The molecule has 0 aliphatic rings. The summed E-state index contributed by atoms with van der Waals surface area (Å²) in [6.45, 7) is 0. The van der Waals surface area contributed by atoms with Crippen molar-refractivity contribution < 1.29 is 49.8 Å². The van der Waals surface area contributed by atoms with Crippen LogP contribution < -0.4 is 20.4 Å². The van der Waals surface area contributed by atoms with Gasteiger partial charge in [0.1, 0.15) is 12.2 Å². The van der Waals surface area contributed by atoms with Gasteiger partial charge in [0.2, 0.25) is 0 Å². The van der Waals surface area contributed by atoms with Crippen molar-refractivity contribution in [2.75, 3.05) is 0 Å². The number of hydrogen-bond donors (Lipinski definition) is 2. The fourth-order valence-electron chi connectivity index (χ4n) is 0.394. The Morgan fingerprint density at radius 2 is 0.944 bits per heavy atom. The van der Waals surface area contributed by atoms with Crippen LogP contribution in [0.15, 0.2) is 12.2 Å². The average Bonchev–Trinajstić information content (AvgIpc) is 2.24. The van der Waals surface area contributed by atoms with E-state index < -0.39 is 36.1 Å². The van der Waals surface area contributed by atoms with Crippen LogP contribution in [0.4, 0.5) is 0 Å². The molecule has 0 aromatic rings. The fourth-order valence-corrected chi connectivity index (χ4v) is 0.394. The minimum atomic E-state index is -2.44. The van der Waals surface area contributed by atoms with E-state index in [1.54, 1.807) is 0 Å². The zero-order chi connectivity index (χ0) is 14.9. The Hall–Kier alpha value is -2.46. The van der Waals surface area contributed by atoms with Crippen molar-refractivity contribution in [2.24, 2.45) is 0 Å². The van der Waals surface area contributed by atoms with Crippen LogP contribution in [-0.2, 0) is 19.2 Å². The first-order chi connectivity index (χ1) is 8.09. The summed E-state index contributed by atoms with van der Waals surface area (Å²) in [6.07, 6.45) is -4.11. The van der Waals surface area contributed by atoms with Crippen LogP contribution in [0.25, 0.3) is 0 Å². The van der Waals surface area contributed by atoms with Gasteiger partial charge in [-0.3, -0.25) is 0 Å². The summed E-state index contributed by atoms with van der Waals surface area (Å²) in [6, 6.07) is 0. The van der Waals surface area contributed by atoms with Gasteiger partial charge in [0, 0.05) is 0 Å². The van der Waals surface area contributed by atoms with E-state index in [2.05, 4.69) is 0 Å². The predicted molar refractivity (Wildman–Crippen MR) is 41.2 cm³/mol. The second-order valence-corrected chi connectivity index (χ2v) is 2.50. The Bertz CT molecular complexity index is 323. The Kier molecular flexibility index (Phi) is 8.63. The highest BCUT2D eigenvalue weighted by atomic mass is 16.4. The third-order valence-corrected chi connectivity index (χ3v) is 1.14. The van der Waals surface area contributed by atoms with E-state index in [4.69, 9.17) is 10.2 Å².